The largest absolute Gasteiger partial charge is 0.324 e. The minimum absolute atomic E-state index is 0.977. The number of hydrogen-bond acceptors (Lipinski definition) is 2. The first-order valence-electron chi connectivity index (χ1n) is 3.69. The zero-order chi connectivity index (χ0) is 8.43. The van der Waals surface area contributed by atoms with E-state index in [-0.39, 0.29) is 0 Å². The smallest absolute Gasteiger partial charge is 0.0490 e. The Bertz CT molecular complexity index is 243. The van der Waals surface area contributed by atoms with Gasteiger partial charge in [-0.25, -0.2) is 0 Å². The molecule has 0 fully saturated rings. The number of rotatable bonds is 1. The molecule has 0 atom stereocenters. The number of anilines is 1. The van der Waals surface area contributed by atoms with Gasteiger partial charge in [0.25, 0.3) is 0 Å². The Morgan fingerprint density at radius 1 is 1.09 bits per heavy atom. The van der Waals surface area contributed by atoms with Crippen molar-refractivity contribution in [1.82, 2.24) is 0 Å². The van der Waals surface area contributed by atoms with E-state index in [1.54, 1.807) is 0 Å². The SMILES string of the molecule is Cc1cc(NN)cc(C)c1C. The number of nitrogens with two attached hydrogens (primary N) is 1. The van der Waals surface area contributed by atoms with Crippen LogP contribution in [0.1, 0.15) is 16.7 Å². The average molecular weight is 150 g/mol. The van der Waals surface area contributed by atoms with Gasteiger partial charge in [0.2, 0.25) is 0 Å². The second-order valence-electron chi connectivity index (χ2n) is 2.88. The Kier molecular flexibility index (Phi) is 2.15. The summed E-state index contributed by atoms with van der Waals surface area (Å²) in [4.78, 5) is 0. The lowest BCUT2D eigenvalue weighted by atomic mass is 10.0. The molecular weight excluding hydrogens is 136 g/mol. The maximum atomic E-state index is 5.29. The van der Waals surface area contributed by atoms with E-state index >= 15 is 0 Å². The van der Waals surface area contributed by atoms with Crippen LogP contribution in [0.2, 0.25) is 0 Å². The fourth-order valence-electron chi connectivity index (χ4n) is 1.12. The quantitative estimate of drug-likeness (QED) is 0.474. The number of aryl methyl sites for hydroxylation is 2. The van der Waals surface area contributed by atoms with E-state index in [2.05, 4.69) is 26.2 Å². The van der Waals surface area contributed by atoms with E-state index in [1.807, 2.05) is 12.1 Å². The molecule has 0 aromatic heterocycles. The van der Waals surface area contributed by atoms with Gasteiger partial charge < -0.3 is 5.43 Å². The number of nitrogens with one attached hydrogen (secondary N) is 1. The van der Waals surface area contributed by atoms with Gasteiger partial charge in [-0.05, 0) is 49.6 Å². The van der Waals surface area contributed by atoms with Crippen LogP contribution in [0.15, 0.2) is 12.1 Å². The summed E-state index contributed by atoms with van der Waals surface area (Å²) >= 11 is 0. The van der Waals surface area contributed by atoms with Crippen molar-refractivity contribution in [3.8, 4) is 0 Å². The van der Waals surface area contributed by atoms with Crippen molar-refractivity contribution in [2.45, 2.75) is 20.8 Å². The highest BCUT2D eigenvalue weighted by molar-refractivity contribution is 5.50. The summed E-state index contributed by atoms with van der Waals surface area (Å²) in [5.74, 6) is 5.29. The summed E-state index contributed by atoms with van der Waals surface area (Å²) in [6.45, 7) is 6.29. The second-order valence-corrected chi connectivity index (χ2v) is 2.88. The maximum Gasteiger partial charge on any atom is 0.0490 e. The van der Waals surface area contributed by atoms with Crippen LogP contribution in [0.4, 0.5) is 5.69 Å². The van der Waals surface area contributed by atoms with E-state index < -0.39 is 0 Å². The number of hydrazine groups is 1. The lowest BCUT2D eigenvalue weighted by Crippen LogP contribution is -2.07. The fourth-order valence-corrected chi connectivity index (χ4v) is 1.12. The zero-order valence-electron chi connectivity index (χ0n) is 7.23. The molecule has 0 amide bonds. The van der Waals surface area contributed by atoms with Crippen LogP contribution < -0.4 is 11.3 Å². The molecular formula is C9H14N2. The number of nitrogen functional groups attached to an aromatic ring is 1. The van der Waals surface area contributed by atoms with Crippen molar-refractivity contribution < 1.29 is 0 Å². The normalized spacial score (nSPS) is 9.82. The molecule has 11 heavy (non-hydrogen) atoms. The monoisotopic (exact) mass is 150 g/mol. The fraction of sp³-hybridized carbons (Fsp3) is 0.333. The zero-order valence-corrected chi connectivity index (χ0v) is 7.23. The molecule has 0 saturated heterocycles. The summed E-state index contributed by atoms with van der Waals surface area (Å²) in [5.41, 5.74) is 7.50. The minimum atomic E-state index is 0.977. The van der Waals surface area contributed by atoms with Gasteiger partial charge in [0.15, 0.2) is 0 Å². The van der Waals surface area contributed by atoms with Crippen LogP contribution in [0.5, 0.6) is 0 Å². The topological polar surface area (TPSA) is 38.0 Å². The Labute approximate surface area is 67.4 Å². The van der Waals surface area contributed by atoms with Gasteiger partial charge >= 0.3 is 0 Å². The Balaban J connectivity index is 3.21. The molecule has 60 valence electrons. The molecule has 0 bridgehead atoms. The summed E-state index contributed by atoms with van der Waals surface area (Å²) in [5, 5.41) is 0. The van der Waals surface area contributed by atoms with Crippen molar-refractivity contribution >= 4 is 5.69 Å². The predicted molar refractivity (Wildman–Crippen MR) is 48.5 cm³/mol. The molecule has 0 aliphatic rings. The lowest BCUT2D eigenvalue weighted by molar-refractivity contribution is 1.24. The standard InChI is InChI=1S/C9H14N2/c1-6-4-9(11-10)5-7(2)8(6)3/h4-5,11H,10H2,1-3H3. The predicted octanol–water partition coefficient (Wildman–Crippen LogP) is 1.90. The molecule has 0 radical (unpaired) electrons. The van der Waals surface area contributed by atoms with E-state index in [0.29, 0.717) is 0 Å². The summed E-state index contributed by atoms with van der Waals surface area (Å²) in [7, 11) is 0. The van der Waals surface area contributed by atoms with Gasteiger partial charge in [0.1, 0.15) is 0 Å². The molecule has 0 unspecified atom stereocenters. The number of benzene rings is 1. The summed E-state index contributed by atoms with van der Waals surface area (Å²) in [6.07, 6.45) is 0. The van der Waals surface area contributed by atoms with E-state index in [4.69, 9.17) is 5.84 Å². The first-order chi connectivity index (χ1) is 5.15. The molecule has 0 aliphatic carbocycles. The van der Waals surface area contributed by atoms with Gasteiger partial charge in [-0.15, -0.1) is 0 Å². The molecule has 0 saturated carbocycles. The van der Waals surface area contributed by atoms with Gasteiger partial charge in [-0.2, -0.15) is 0 Å². The molecule has 1 aromatic rings. The first kappa shape index (κ1) is 8.08. The highest BCUT2D eigenvalue weighted by atomic mass is 15.2. The highest BCUT2D eigenvalue weighted by Crippen LogP contribution is 2.17. The van der Waals surface area contributed by atoms with E-state index in [9.17, 15) is 0 Å². The van der Waals surface area contributed by atoms with Gasteiger partial charge in [-0.1, -0.05) is 0 Å². The molecule has 3 N–H and O–H groups in total. The van der Waals surface area contributed by atoms with Crippen LogP contribution >= 0.6 is 0 Å². The van der Waals surface area contributed by atoms with Crippen molar-refractivity contribution in [3.63, 3.8) is 0 Å². The minimum Gasteiger partial charge on any atom is -0.324 e. The molecule has 0 aliphatic heterocycles. The third kappa shape index (κ3) is 1.52. The third-order valence-corrected chi connectivity index (χ3v) is 2.09. The summed E-state index contributed by atoms with van der Waals surface area (Å²) in [6, 6.07) is 4.09. The lowest BCUT2D eigenvalue weighted by Gasteiger charge is -2.07. The highest BCUT2D eigenvalue weighted by Gasteiger charge is 1.98. The van der Waals surface area contributed by atoms with Crippen molar-refractivity contribution in [3.05, 3.63) is 28.8 Å². The molecule has 0 spiro atoms. The van der Waals surface area contributed by atoms with E-state index in [1.165, 1.54) is 16.7 Å². The second kappa shape index (κ2) is 2.93. The molecule has 1 rings (SSSR count). The van der Waals surface area contributed by atoms with Crippen LogP contribution in [0.25, 0.3) is 0 Å². The van der Waals surface area contributed by atoms with Crippen LogP contribution in [0, 0.1) is 20.8 Å². The molecule has 0 heterocycles. The Morgan fingerprint density at radius 2 is 1.55 bits per heavy atom. The van der Waals surface area contributed by atoms with Crippen molar-refractivity contribution in [1.29, 1.82) is 0 Å². The molecule has 2 heteroatoms. The Hall–Kier alpha value is -1.02. The van der Waals surface area contributed by atoms with Crippen LogP contribution in [-0.2, 0) is 0 Å². The van der Waals surface area contributed by atoms with Crippen LogP contribution in [-0.4, -0.2) is 0 Å². The molecule has 2 nitrogen and oxygen atoms in total. The number of hydrogen-bond donors (Lipinski definition) is 2. The summed E-state index contributed by atoms with van der Waals surface area (Å²) < 4.78 is 0. The van der Waals surface area contributed by atoms with Gasteiger partial charge in [0.05, 0.1) is 0 Å². The average Bonchev–Trinajstić information content (AvgIpc) is 1.99. The maximum absolute atomic E-state index is 5.29. The third-order valence-electron chi connectivity index (χ3n) is 2.09. The van der Waals surface area contributed by atoms with Gasteiger partial charge in [-0.3, -0.25) is 5.84 Å². The van der Waals surface area contributed by atoms with E-state index in [0.717, 1.165) is 5.69 Å². The molecule has 1 aromatic carbocycles. The van der Waals surface area contributed by atoms with Crippen LogP contribution in [0.3, 0.4) is 0 Å². The van der Waals surface area contributed by atoms with Crippen molar-refractivity contribution in [2.75, 3.05) is 5.43 Å². The first-order valence-corrected chi connectivity index (χ1v) is 3.69. The van der Waals surface area contributed by atoms with Crippen molar-refractivity contribution in [2.24, 2.45) is 5.84 Å². The van der Waals surface area contributed by atoms with Gasteiger partial charge in [0, 0.05) is 5.69 Å². The Morgan fingerprint density at radius 3 is 1.91 bits per heavy atom.